The van der Waals surface area contributed by atoms with Crippen molar-refractivity contribution in [1.29, 1.82) is 0 Å². The topological polar surface area (TPSA) is 105 Å². The third kappa shape index (κ3) is 5.91. The Kier molecular flexibility index (Phi) is 8.97. The van der Waals surface area contributed by atoms with E-state index in [1.165, 1.54) is 15.4 Å². The summed E-state index contributed by atoms with van der Waals surface area (Å²) in [4.78, 5) is 38.7. The van der Waals surface area contributed by atoms with E-state index in [1.54, 1.807) is 35.9 Å². The zero-order chi connectivity index (χ0) is 29.1. The van der Waals surface area contributed by atoms with Crippen LogP contribution >= 0.6 is 23.2 Å². The molecular weight excluding hydrogens is 553 g/mol. The second-order valence-electron chi connectivity index (χ2n) is 9.80. The molecule has 1 fully saturated rings. The summed E-state index contributed by atoms with van der Waals surface area (Å²) in [7, 11) is 2.08. The average Bonchev–Trinajstić information content (AvgIpc) is 3.13. The number of aliphatic imine (C=N–C) groups is 2. The molecule has 0 aliphatic carbocycles. The number of guanidine groups is 1. The van der Waals surface area contributed by atoms with Gasteiger partial charge in [-0.1, -0.05) is 29.3 Å². The molecule has 11 nitrogen and oxygen atoms in total. The van der Waals surface area contributed by atoms with E-state index in [4.69, 9.17) is 23.2 Å². The summed E-state index contributed by atoms with van der Waals surface area (Å²) in [6, 6.07) is 6.27. The van der Waals surface area contributed by atoms with Gasteiger partial charge in [-0.25, -0.2) is 19.0 Å². The number of halogens is 2. The van der Waals surface area contributed by atoms with Gasteiger partial charge in [-0.3, -0.25) is 9.59 Å². The van der Waals surface area contributed by atoms with Gasteiger partial charge in [0.05, 0.1) is 33.9 Å². The van der Waals surface area contributed by atoms with Crippen molar-refractivity contribution in [2.24, 2.45) is 9.98 Å². The average molecular weight is 587 g/mol. The molecule has 1 aliphatic heterocycles. The number of anilines is 2. The van der Waals surface area contributed by atoms with Crippen molar-refractivity contribution >= 4 is 53.1 Å². The van der Waals surface area contributed by atoms with Crippen molar-refractivity contribution < 1.29 is 0 Å². The van der Waals surface area contributed by atoms with Gasteiger partial charge in [0, 0.05) is 37.9 Å². The zero-order valence-corrected chi connectivity index (χ0v) is 24.6. The van der Waals surface area contributed by atoms with Crippen LogP contribution in [0, 0.1) is 6.92 Å². The normalized spacial score (nSPS) is 14.6. The Labute approximate surface area is 242 Å². The lowest BCUT2D eigenvalue weighted by Crippen LogP contribution is -2.44. The smallest absolute Gasteiger partial charge is 0.272 e. The number of nitrogens with zero attached hydrogens (tertiary/aromatic N) is 8. The number of aromatic nitrogens is 4. The van der Waals surface area contributed by atoms with E-state index in [-0.39, 0.29) is 35.5 Å². The van der Waals surface area contributed by atoms with Gasteiger partial charge in [0.25, 0.3) is 11.1 Å². The van der Waals surface area contributed by atoms with Crippen LogP contribution in [0.3, 0.4) is 0 Å². The van der Waals surface area contributed by atoms with Gasteiger partial charge >= 0.3 is 0 Å². The highest BCUT2D eigenvalue weighted by atomic mass is 35.5. The van der Waals surface area contributed by atoms with E-state index < -0.39 is 0 Å². The molecule has 4 rings (SSSR count). The minimum Gasteiger partial charge on any atom is -0.367 e. The molecular formula is C27H33Cl2N9O2. The molecule has 3 aromatic rings. The number of likely N-dealkylation sites (N-methyl/N-ethyl adjacent to an activating group) is 1. The van der Waals surface area contributed by atoms with Gasteiger partial charge in [0.2, 0.25) is 5.96 Å². The Bertz CT molecular complexity index is 1550. The van der Waals surface area contributed by atoms with Crippen molar-refractivity contribution in [3.05, 3.63) is 73.2 Å². The summed E-state index contributed by atoms with van der Waals surface area (Å²) >= 11 is 13.3. The fourth-order valence-corrected chi connectivity index (χ4v) is 5.23. The van der Waals surface area contributed by atoms with Crippen LogP contribution in [-0.4, -0.2) is 69.9 Å². The van der Waals surface area contributed by atoms with Gasteiger partial charge < -0.3 is 15.1 Å². The van der Waals surface area contributed by atoms with Crippen molar-refractivity contribution in [2.75, 3.05) is 43.4 Å². The SMILES string of the molecule is C=CCn1c(=O)c(C)c(/N=C(\N=C)Nc2cc(Cl)c(N3CCN(C)CC3)c(Cl)c2)n1-c1ccc(=O)n(C(C)C)n1. The molecule has 1 N–H and O–H groups in total. The highest BCUT2D eigenvalue weighted by Crippen LogP contribution is 2.37. The molecule has 0 bridgehead atoms. The van der Waals surface area contributed by atoms with E-state index in [0.29, 0.717) is 27.1 Å². The van der Waals surface area contributed by atoms with Gasteiger partial charge in [-0.15, -0.1) is 11.7 Å². The fraction of sp³-hybridized carbons (Fsp3) is 0.370. The maximum atomic E-state index is 13.2. The van der Waals surface area contributed by atoms with Crippen LogP contribution in [0.2, 0.25) is 10.0 Å². The number of allylic oxidation sites excluding steroid dienone is 1. The van der Waals surface area contributed by atoms with E-state index in [9.17, 15) is 9.59 Å². The number of rotatable bonds is 7. The van der Waals surface area contributed by atoms with Crippen LogP contribution in [0.25, 0.3) is 5.82 Å². The third-order valence-corrected chi connectivity index (χ3v) is 7.18. The first-order valence-electron chi connectivity index (χ1n) is 12.8. The molecule has 2 aromatic heterocycles. The molecule has 0 unspecified atom stereocenters. The first-order chi connectivity index (χ1) is 19.0. The van der Waals surface area contributed by atoms with Crippen LogP contribution in [-0.2, 0) is 6.54 Å². The van der Waals surface area contributed by atoms with Gasteiger partial charge in [-0.05, 0) is 52.7 Å². The minimum atomic E-state index is -0.284. The highest BCUT2D eigenvalue weighted by molar-refractivity contribution is 6.39. The molecule has 1 saturated heterocycles. The van der Waals surface area contributed by atoms with Crippen molar-refractivity contribution in [3.8, 4) is 5.82 Å². The first kappa shape index (κ1) is 29.3. The lowest BCUT2D eigenvalue weighted by atomic mass is 10.2. The number of piperazine rings is 1. The Morgan fingerprint density at radius 3 is 2.38 bits per heavy atom. The van der Waals surface area contributed by atoms with Gasteiger partial charge in [0.15, 0.2) is 11.6 Å². The van der Waals surface area contributed by atoms with Crippen molar-refractivity contribution in [3.63, 3.8) is 0 Å². The molecule has 3 heterocycles. The Balaban J connectivity index is 1.77. The summed E-state index contributed by atoms with van der Waals surface area (Å²) in [6.07, 6.45) is 1.60. The molecule has 1 aromatic carbocycles. The Hall–Kier alpha value is -3.67. The second-order valence-corrected chi connectivity index (χ2v) is 10.6. The predicted molar refractivity (Wildman–Crippen MR) is 164 cm³/mol. The minimum absolute atomic E-state index is 0.115. The summed E-state index contributed by atoms with van der Waals surface area (Å²) in [6.45, 7) is 16.4. The van der Waals surface area contributed by atoms with E-state index in [0.717, 1.165) is 31.9 Å². The third-order valence-electron chi connectivity index (χ3n) is 6.61. The Morgan fingerprint density at radius 2 is 1.80 bits per heavy atom. The highest BCUT2D eigenvalue weighted by Gasteiger charge is 2.22. The van der Waals surface area contributed by atoms with Crippen molar-refractivity contribution in [1.82, 2.24) is 24.0 Å². The zero-order valence-electron chi connectivity index (χ0n) is 23.1. The quantitative estimate of drug-likeness (QED) is 0.254. The van der Waals surface area contributed by atoms with Crippen LogP contribution in [0.1, 0.15) is 25.5 Å². The van der Waals surface area contributed by atoms with Crippen LogP contribution < -0.4 is 21.3 Å². The van der Waals surface area contributed by atoms with Crippen LogP contribution in [0.5, 0.6) is 0 Å². The Morgan fingerprint density at radius 1 is 1.15 bits per heavy atom. The summed E-state index contributed by atoms with van der Waals surface area (Å²) in [5, 5.41) is 8.59. The summed E-state index contributed by atoms with van der Waals surface area (Å²) in [5.41, 5.74) is 1.16. The van der Waals surface area contributed by atoms with E-state index in [1.807, 2.05) is 13.8 Å². The van der Waals surface area contributed by atoms with Gasteiger partial charge in [0.1, 0.15) is 0 Å². The first-order valence-corrected chi connectivity index (χ1v) is 13.6. The molecule has 13 heteroatoms. The molecule has 0 atom stereocenters. The lowest BCUT2D eigenvalue weighted by Gasteiger charge is -2.35. The monoisotopic (exact) mass is 585 g/mol. The van der Waals surface area contributed by atoms with Gasteiger partial charge in [-0.2, -0.15) is 4.99 Å². The van der Waals surface area contributed by atoms with E-state index >= 15 is 0 Å². The molecule has 1 aliphatic rings. The molecule has 0 amide bonds. The fourth-order valence-electron chi connectivity index (χ4n) is 4.50. The predicted octanol–water partition coefficient (Wildman–Crippen LogP) is 4.13. The lowest BCUT2D eigenvalue weighted by molar-refractivity contribution is 0.313. The second kappa shape index (κ2) is 12.2. The van der Waals surface area contributed by atoms with Crippen LogP contribution in [0.4, 0.5) is 17.2 Å². The number of benzene rings is 1. The van der Waals surface area contributed by atoms with E-state index in [2.05, 4.69) is 50.5 Å². The van der Waals surface area contributed by atoms with Crippen LogP contribution in [0.15, 0.2) is 56.5 Å². The summed E-state index contributed by atoms with van der Waals surface area (Å²) in [5.74, 6) is 0.726. The number of nitrogens with one attached hydrogen (secondary N) is 1. The molecule has 212 valence electrons. The molecule has 0 spiro atoms. The maximum Gasteiger partial charge on any atom is 0.272 e. The molecule has 0 radical (unpaired) electrons. The standard InChI is InChI=1S/C27H33Cl2N9O2/c1-7-10-36-26(40)18(4)25(38(36)22-8-9-23(39)37(33-22)17(2)3)32-27(30-5)31-19-15-20(28)24(21(29)16-19)35-13-11-34(6)12-14-35/h7-9,15-17H,1,5,10-14H2,2-4,6H3,(H,31,32). The molecule has 0 saturated carbocycles. The summed E-state index contributed by atoms with van der Waals surface area (Å²) < 4.78 is 4.33. The number of hydrogen-bond donors (Lipinski definition) is 1. The largest absolute Gasteiger partial charge is 0.367 e. The number of hydrogen-bond acceptors (Lipinski definition) is 6. The van der Waals surface area contributed by atoms with Crippen molar-refractivity contribution in [2.45, 2.75) is 33.4 Å². The maximum absolute atomic E-state index is 13.2. The molecule has 40 heavy (non-hydrogen) atoms.